The van der Waals surface area contributed by atoms with Crippen LogP contribution < -0.4 is 0 Å². The Morgan fingerprint density at radius 2 is 1.22 bits per heavy atom. The minimum Gasteiger partial charge on any atom is -0.421 e. The van der Waals surface area contributed by atoms with Gasteiger partial charge in [-0.15, -0.1) is 11.3 Å². The van der Waals surface area contributed by atoms with Gasteiger partial charge in [0.1, 0.15) is 10.6 Å². The molecule has 1 heterocycles. The normalized spacial score (nSPS) is 11.6. The van der Waals surface area contributed by atoms with Crippen LogP contribution in [0.1, 0.15) is 41.9 Å². The van der Waals surface area contributed by atoms with Gasteiger partial charge in [-0.25, -0.2) is 9.78 Å². The first kappa shape index (κ1) is 21.4. The molecule has 0 aliphatic heterocycles. The maximum absolute atomic E-state index is 13.7. The van der Waals surface area contributed by atoms with Crippen LogP contribution in [0.5, 0.6) is 0 Å². The second-order valence-corrected chi connectivity index (χ2v) is 8.38. The number of ketones is 1. The molecule has 0 saturated carbocycles. The number of rotatable bonds is 6. The largest absolute Gasteiger partial charge is 0.421 e. The lowest BCUT2D eigenvalue weighted by Gasteiger charge is -2.14. The predicted molar refractivity (Wildman–Crippen MR) is 127 cm³/mol. The smallest absolute Gasteiger partial charge is 0.343 e. The Bertz CT molecular complexity index is 1260. The van der Waals surface area contributed by atoms with Gasteiger partial charge < -0.3 is 4.74 Å². The monoisotopic (exact) mass is 439 g/mol. The molecule has 158 valence electrons. The van der Waals surface area contributed by atoms with E-state index in [2.05, 4.69) is 4.98 Å². The van der Waals surface area contributed by atoms with Crippen LogP contribution in [0.4, 0.5) is 0 Å². The maximum Gasteiger partial charge on any atom is 0.343 e. The van der Waals surface area contributed by atoms with E-state index in [-0.39, 0.29) is 17.1 Å². The SMILES string of the molecule is Cc1nc(/C(C(=O)c2ccccc2)=C(\OC(=O)c2ccccc2)c2ccccc2)sc1C. The number of allylic oxidation sites excluding steroid dienone is 1. The number of carbonyl (C=O) groups is 2. The molecule has 32 heavy (non-hydrogen) atoms. The molecule has 0 N–H and O–H groups in total. The van der Waals surface area contributed by atoms with Gasteiger partial charge in [-0.2, -0.15) is 0 Å². The molecule has 5 heteroatoms. The molecule has 0 bridgehead atoms. The van der Waals surface area contributed by atoms with E-state index in [0.29, 0.717) is 21.7 Å². The van der Waals surface area contributed by atoms with E-state index in [0.717, 1.165) is 10.6 Å². The lowest BCUT2D eigenvalue weighted by atomic mass is 9.99. The molecule has 0 saturated heterocycles. The Morgan fingerprint density at radius 1 is 0.719 bits per heavy atom. The quantitative estimate of drug-likeness (QED) is 0.152. The highest BCUT2D eigenvalue weighted by atomic mass is 32.1. The standard InChI is InChI=1S/C27H21NO3S/c1-18-19(2)32-26(28-18)23(24(29)20-12-6-3-7-13-20)25(21-14-8-4-9-15-21)31-27(30)22-16-10-5-11-17-22/h3-17H,1-2H3/b25-23-. The molecule has 0 atom stereocenters. The first-order valence-electron chi connectivity index (χ1n) is 10.2. The van der Waals surface area contributed by atoms with Crippen molar-refractivity contribution in [3.05, 3.63) is 123 Å². The van der Waals surface area contributed by atoms with Crippen LogP contribution >= 0.6 is 11.3 Å². The molecule has 4 aromatic rings. The lowest BCUT2D eigenvalue weighted by molar-refractivity contribution is 0.0693. The topological polar surface area (TPSA) is 56.3 Å². The summed E-state index contributed by atoms with van der Waals surface area (Å²) in [5.41, 5.74) is 2.63. The second-order valence-electron chi connectivity index (χ2n) is 7.18. The van der Waals surface area contributed by atoms with Crippen LogP contribution in [0.25, 0.3) is 11.3 Å². The van der Waals surface area contributed by atoms with Gasteiger partial charge >= 0.3 is 5.97 Å². The fourth-order valence-corrected chi connectivity index (χ4v) is 4.13. The van der Waals surface area contributed by atoms with Gasteiger partial charge in [0, 0.05) is 16.0 Å². The number of hydrogen-bond acceptors (Lipinski definition) is 5. The van der Waals surface area contributed by atoms with Crippen LogP contribution in [0.15, 0.2) is 91.0 Å². The molecule has 0 unspecified atom stereocenters. The summed E-state index contributed by atoms with van der Waals surface area (Å²) in [6, 6.07) is 26.9. The number of aromatic nitrogens is 1. The van der Waals surface area contributed by atoms with E-state index in [1.54, 1.807) is 48.5 Å². The minimum atomic E-state index is -0.534. The third kappa shape index (κ3) is 4.58. The van der Waals surface area contributed by atoms with Crippen molar-refractivity contribution in [1.29, 1.82) is 0 Å². The van der Waals surface area contributed by atoms with Crippen molar-refractivity contribution in [2.75, 3.05) is 0 Å². The van der Waals surface area contributed by atoms with Crippen molar-refractivity contribution in [1.82, 2.24) is 4.98 Å². The van der Waals surface area contributed by atoms with Gasteiger partial charge in [0.05, 0.1) is 11.3 Å². The molecular formula is C27H21NO3S. The first-order chi connectivity index (χ1) is 15.5. The summed E-state index contributed by atoms with van der Waals surface area (Å²) in [6.45, 7) is 3.86. The van der Waals surface area contributed by atoms with E-state index in [1.165, 1.54) is 11.3 Å². The molecule has 4 nitrogen and oxygen atoms in total. The van der Waals surface area contributed by atoms with Crippen molar-refractivity contribution in [3.63, 3.8) is 0 Å². The van der Waals surface area contributed by atoms with Crippen molar-refractivity contribution in [3.8, 4) is 0 Å². The van der Waals surface area contributed by atoms with E-state index in [9.17, 15) is 9.59 Å². The van der Waals surface area contributed by atoms with Crippen LogP contribution in [0, 0.1) is 13.8 Å². The molecule has 0 amide bonds. The highest BCUT2D eigenvalue weighted by Gasteiger charge is 2.27. The highest BCUT2D eigenvalue weighted by Crippen LogP contribution is 2.34. The number of Topliss-reactive ketones (excluding diaryl/α,β-unsaturated/α-hetero) is 1. The van der Waals surface area contributed by atoms with E-state index >= 15 is 0 Å². The summed E-state index contributed by atoms with van der Waals surface area (Å²) in [6.07, 6.45) is 0. The maximum atomic E-state index is 13.7. The molecule has 0 fully saturated rings. The van der Waals surface area contributed by atoms with Gasteiger partial charge in [-0.3, -0.25) is 4.79 Å². The lowest BCUT2D eigenvalue weighted by Crippen LogP contribution is -2.11. The summed E-state index contributed by atoms with van der Waals surface area (Å²) in [4.78, 5) is 32.4. The van der Waals surface area contributed by atoms with Gasteiger partial charge in [-0.1, -0.05) is 78.9 Å². The Hall–Kier alpha value is -3.83. The number of aryl methyl sites for hydroxylation is 2. The van der Waals surface area contributed by atoms with Crippen LogP contribution in [-0.4, -0.2) is 16.7 Å². The number of nitrogens with zero attached hydrogens (tertiary/aromatic N) is 1. The number of esters is 1. The Balaban J connectivity index is 1.94. The van der Waals surface area contributed by atoms with Crippen molar-refractivity contribution < 1.29 is 14.3 Å². The molecule has 0 spiro atoms. The summed E-state index contributed by atoms with van der Waals surface area (Å²) in [5, 5.41) is 0.522. The van der Waals surface area contributed by atoms with Gasteiger partial charge in [0.2, 0.25) is 0 Å². The minimum absolute atomic E-state index is 0.196. The van der Waals surface area contributed by atoms with Crippen LogP contribution in [0.3, 0.4) is 0 Å². The number of carbonyl (C=O) groups excluding carboxylic acids is 2. The highest BCUT2D eigenvalue weighted by molar-refractivity contribution is 7.13. The van der Waals surface area contributed by atoms with Gasteiger partial charge in [-0.05, 0) is 26.0 Å². The zero-order valence-electron chi connectivity index (χ0n) is 17.7. The van der Waals surface area contributed by atoms with E-state index in [1.807, 2.05) is 56.3 Å². The first-order valence-corrected chi connectivity index (χ1v) is 11.0. The molecule has 1 aromatic heterocycles. The average Bonchev–Trinajstić information content (AvgIpc) is 3.17. The van der Waals surface area contributed by atoms with Crippen LogP contribution in [0.2, 0.25) is 0 Å². The van der Waals surface area contributed by atoms with Crippen LogP contribution in [-0.2, 0) is 4.74 Å². The summed E-state index contributed by atoms with van der Waals surface area (Å²) < 4.78 is 5.92. The van der Waals surface area contributed by atoms with E-state index in [4.69, 9.17) is 4.74 Å². The molecule has 4 rings (SSSR count). The van der Waals surface area contributed by atoms with Gasteiger partial charge in [0.25, 0.3) is 0 Å². The number of hydrogen-bond donors (Lipinski definition) is 0. The molecule has 0 aliphatic rings. The second kappa shape index (κ2) is 9.54. The van der Waals surface area contributed by atoms with Crippen molar-refractivity contribution in [2.24, 2.45) is 0 Å². The third-order valence-corrected chi connectivity index (χ3v) is 6.06. The Kier molecular flexibility index (Phi) is 6.38. The third-order valence-electron chi connectivity index (χ3n) is 4.97. The Labute approximate surface area is 190 Å². The molecule has 3 aromatic carbocycles. The predicted octanol–water partition coefficient (Wildman–Crippen LogP) is 6.37. The number of ether oxygens (including phenoxy) is 1. The van der Waals surface area contributed by atoms with Gasteiger partial charge in [0.15, 0.2) is 11.5 Å². The zero-order chi connectivity index (χ0) is 22.5. The summed E-state index contributed by atoms with van der Waals surface area (Å²) in [7, 11) is 0. The van der Waals surface area contributed by atoms with E-state index < -0.39 is 5.97 Å². The Morgan fingerprint density at radius 3 is 1.72 bits per heavy atom. The summed E-state index contributed by atoms with van der Waals surface area (Å²) in [5.74, 6) is -0.589. The fraction of sp³-hybridized carbons (Fsp3) is 0.0741. The average molecular weight is 440 g/mol. The number of thiazole rings is 1. The summed E-state index contributed by atoms with van der Waals surface area (Å²) >= 11 is 1.41. The van der Waals surface area contributed by atoms with Crippen molar-refractivity contribution in [2.45, 2.75) is 13.8 Å². The van der Waals surface area contributed by atoms with Crippen molar-refractivity contribution >= 4 is 34.4 Å². The molecule has 0 aliphatic carbocycles. The molecular weight excluding hydrogens is 418 g/mol. The zero-order valence-corrected chi connectivity index (χ0v) is 18.6. The molecule has 0 radical (unpaired) electrons. The number of benzene rings is 3. The fourth-order valence-electron chi connectivity index (χ4n) is 3.18.